The molecule has 0 aliphatic heterocycles. The van der Waals surface area contributed by atoms with Crippen LogP contribution in [0.4, 0.5) is 4.39 Å². The molecule has 20 heavy (non-hydrogen) atoms. The Morgan fingerprint density at radius 3 is 2.80 bits per heavy atom. The van der Waals surface area contributed by atoms with Gasteiger partial charge in [0.05, 0.1) is 12.6 Å². The summed E-state index contributed by atoms with van der Waals surface area (Å²) in [5.74, 6) is -0.415. The summed E-state index contributed by atoms with van der Waals surface area (Å²) in [6.45, 7) is 2.10. The lowest BCUT2D eigenvalue weighted by molar-refractivity contribution is 0.198. The quantitative estimate of drug-likeness (QED) is 0.910. The molecule has 0 saturated heterocycles. The van der Waals surface area contributed by atoms with E-state index in [1.54, 1.807) is 31.3 Å². The van der Waals surface area contributed by atoms with Crippen LogP contribution in [0.25, 0.3) is 0 Å². The number of ether oxygens (including phenoxy) is 1. The predicted molar refractivity (Wildman–Crippen MR) is 73.2 cm³/mol. The van der Waals surface area contributed by atoms with Gasteiger partial charge in [-0.15, -0.1) is 0 Å². The number of aliphatic hydroxyl groups excluding tert-OH is 1. The van der Waals surface area contributed by atoms with Crippen molar-refractivity contribution in [3.8, 4) is 5.75 Å². The Hall–Kier alpha value is -2.14. The SMILES string of the molecule is CC(O)c1ccc(OCCn2ccccc2=O)c(F)c1. The number of benzene rings is 1. The van der Waals surface area contributed by atoms with Gasteiger partial charge in [-0.3, -0.25) is 4.79 Å². The number of hydrogen-bond acceptors (Lipinski definition) is 3. The van der Waals surface area contributed by atoms with Gasteiger partial charge in [-0.2, -0.15) is 0 Å². The van der Waals surface area contributed by atoms with E-state index in [1.165, 1.54) is 22.8 Å². The number of pyridine rings is 1. The number of aromatic nitrogens is 1. The van der Waals surface area contributed by atoms with Gasteiger partial charge in [0.2, 0.25) is 0 Å². The van der Waals surface area contributed by atoms with Crippen molar-refractivity contribution in [2.75, 3.05) is 6.61 Å². The summed E-state index contributed by atoms with van der Waals surface area (Å²) in [4.78, 5) is 11.5. The fourth-order valence-corrected chi connectivity index (χ4v) is 1.79. The van der Waals surface area contributed by atoms with Gasteiger partial charge in [0.25, 0.3) is 5.56 Å². The summed E-state index contributed by atoms with van der Waals surface area (Å²) in [6.07, 6.45) is 0.930. The molecule has 0 spiro atoms. The molecule has 0 fully saturated rings. The molecule has 1 N–H and O–H groups in total. The lowest BCUT2D eigenvalue weighted by Gasteiger charge is -2.10. The van der Waals surface area contributed by atoms with Crippen LogP contribution in [0.3, 0.4) is 0 Å². The Labute approximate surface area is 116 Å². The van der Waals surface area contributed by atoms with Crippen molar-refractivity contribution < 1.29 is 14.2 Å². The van der Waals surface area contributed by atoms with Crippen molar-refractivity contribution >= 4 is 0 Å². The molecule has 1 unspecified atom stereocenters. The Kier molecular flexibility index (Phi) is 4.53. The third-order valence-corrected chi connectivity index (χ3v) is 2.93. The van der Waals surface area contributed by atoms with Gasteiger partial charge in [-0.1, -0.05) is 12.1 Å². The number of halogens is 1. The second kappa shape index (κ2) is 6.34. The van der Waals surface area contributed by atoms with Crippen LogP contribution in [0.15, 0.2) is 47.4 Å². The van der Waals surface area contributed by atoms with Crippen molar-refractivity contribution in [2.24, 2.45) is 0 Å². The van der Waals surface area contributed by atoms with Crippen LogP contribution in [0.5, 0.6) is 5.75 Å². The van der Waals surface area contributed by atoms with Gasteiger partial charge in [0, 0.05) is 12.3 Å². The van der Waals surface area contributed by atoms with Crippen molar-refractivity contribution in [1.29, 1.82) is 0 Å². The van der Waals surface area contributed by atoms with Crippen LogP contribution in [0.1, 0.15) is 18.6 Å². The zero-order chi connectivity index (χ0) is 14.5. The summed E-state index contributed by atoms with van der Waals surface area (Å²) in [7, 11) is 0. The second-order valence-electron chi connectivity index (χ2n) is 4.45. The van der Waals surface area contributed by atoms with Crippen molar-refractivity contribution in [1.82, 2.24) is 4.57 Å². The van der Waals surface area contributed by atoms with E-state index in [2.05, 4.69) is 0 Å². The summed E-state index contributed by atoms with van der Waals surface area (Å²) in [6, 6.07) is 9.20. The van der Waals surface area contributed by atoms with E-state index in [1.807, 2.05) is 0 Å². The van der Waals surface area contributed by atoms with Gasteiger partial charge in [0.1, 0.15) is 6.61 Å². The smallest absolute Gasteiger partial charge is 0.250 e. The number of aliphatic hydroxyl groups is 1. The van der Waals surface area contributed by atoms with E-state index in [0.29, 0.717) is 12.1 Å². The Balaban J connectivity index is 1.98. The minimum Gasteiger partial charge on any atom is -0.489 e. The monoisotopic (exact) mass is 277 g/mol. The average Bonchev–Trinajstić information content (AvgIpc) is 2.42. The molecular formula is C15H16FNO3. The molecule has 1 aromatic carbocycles. The Morgan fingerprint density at radius 1 is 1.35 bits per heavy atom. The van der Waals surface area contributed by atoms with Crippen LogP contribution < -0.4 is 10.3 Å². The van der Waals surface area contributed by atoms with E-state index >= 15 is 0 Å². The van der Waals surface area contributed by atoms with Crippen molar-refractivity contribution in [3.05, 3.63) is 64.3 Å². The molecule has 4 nitrogen and oxygen atoms in total. The first-order valence-electron chi connectivity index (χ1n) is 6.33. The molecule has 2 rings (SSSR count). The molecule has 1 aromatic heterocycles. The first-order valence-corrected chi connectivity index (χ1v) is 6.33. The van der Waals surface area contributed by atoms with E-state index in [-0.39, 0.29) is 17.9 Å². The van der Waals surface area contributed by atoms with Crippen LogP contribution >= 0.6 is 0 Å². The van der Waals surface area contributed by atoms with Gasteiger partial charge in [0.15, 0.2) is 11.6 Å². The van der Waals surface area contributed by atoms with E-state index in [9.17, 15) is 14.3 Å². The standard InChI is InChI=1S/C15H16FNO3/c1-11(18)12-5-6-14(13(16)10-12)20-9-8-17-7-3-2-4-15(17)19/h2-7,10-11,18H,8-9H2,1H3. The molecule has 0 bridgehead atoms. The maximum Gasteiger partial charge on any atom is 0.250 e. The Morgan fingerprint density at radius 2 is 2.15 bits per heavy atom. The summed E-state index contributed by atoms with van der Waals surface area (Å²) < 4.78 is 20.5. The van der Waals surface area contributed by atoms with Crippen LogP contribution in [-0.2, 0) is 6.54 Å². The maximum absolute atomic E-state index is 13.7. The summed E-state index contributed by atoms with van der Waals surface area (Å²) in [5.41, 5.74) is 0.371. The van der Waals surface area contributed by atoms with Crippen molar-refractivity contribution in [2.45, 2.75) is 19.6 Å². The third kappa shape index (κ3) is 3.45. The highest BCUT2D eigenvalue weighted by Gasteiger charge is 2.08. The molecule has 1 atom stereocenters. The first-order chi connectivity index (χ1) is 9.58. The topological polar surface area (TPSA) is 51.5 Å². The fourth-order valence-electron chi connectivity index (χ4n) is 1.79. The highest BCUT2D eigenvalue weighted by molar-refractivity contribution is 5.30. The van der Waals surface area contributed by atoms with Gasteiger partial charge in [-0.05, 0) is 30.7 Å². The van der Waals surface area contributed by atoms with Gasteiger partial charge in [-0.25, -0.2) is 4.39 Å². The molecule has 0 saturated carbocycles. The number of rotatable bonds is 5. The van der Waals surface area contributed by atoms with Crippen LogP contribution in [0.2, 0.25) is 0 Å². The zero-order valence-electron chi connectivity index (χ0n) is 11.1. The summed E-state index contributed by atoms with van der Waals surface area (Å²) in [5, 5.41) is 9.35. The predicted octanol–water partition coefficient (Wildman–Crippen LogP) is 2.12. The van der Waals surface area contributed by atoms with E-state index in [4.69, 9.17) is 4.74 Å². The first kappa shape index (κ1) is 14.3. The summed E-state index contributed by atoms with van der Waals surface area (Å²) >= 11 is 0. The molecule has 106 valence electrons. The average molecular weight is 277 g/mol. The third-order valence-electron chi connectivity index (χ3n) is 2.93. The van der Waals surface area contributed by atoms with Crippen LogP contribution in [0, 0.1) is 5.82 Å². The normalized spacial score (nSPS) is 12.2. The molecule has 1 heterocycles. The van der Waals surface area contributed by atoms with E-state index in [0.717, 1.165) is 0 Å². The number of hydrogen-bond donors (Lipinski definition) is 1. The molecule has 0 amide bonds. The minimum absolute atomic E-state index is 0.110. The maximum atomic E-state index is 13.7. The molecule has 5 heteroatoms. The highest BCUT2D eigenvalue weighted by Crippen LogP contribution is 2.21. The molecule has 2 aromatic rings. The minimum atomic E-state index is -0.721. The van der Waals surface area contributed by atoms with Gasteiger partial charge >= 0.3 is 0 Å². The second-order valence-corrected chi connectivity index (χ2v) is 4.45. The van der Waals surface area contributed by atoms with Gasteiger partial charge < -0.3 is 14.4 Å². The van der Waals surface area contributed by atoms with Crippen LogP contribution in [-0.4, -0.2) is 16.3 Å². The zero-order valence-corrected chi connectivity index (χ0v) is 11.1. The molecular weight excluding hydrogens is 261 g/mol. The molecule has 0 aliphatic carbocycles. The molecule has 0 aliphatic rings. The lowest BCUT2D eigenvalue weighted by Crippen LogP contribution is -2.21. The Bertz CT molecular complexity index is 637. The fraction of sp³-hybridized carbons (Fsp3) is 0.267. The molecule has 0 radical (unpaired) electrons. The lowest BCUT2D eigenvalue weighted by atomic mass is 10.1. The van der Waals surface area contributed by atoms with E-state index < -0.39 is 11.9 Å². The largest absolute Gasteiger partial charge is 0.489 e. The van der Waals surface area contributed by atoms with Crippen molar-refractivity contribution in [3.63, 3.8) is 0 Å². The highest BCUT2D eigenvalue weighted by atomic mass is 19.1. The number of nitrogens with zero attached hydrogens (tertiary/aromatic N) is 1.